The molecule has 2 bridgehead atoms. The molecule has 0 aromatic heterocycles. The van der Waals surface area contributed by atoms with Gasteiger partial charge in [-0.25, -0.2) is 9.59 Å². The van der Waals surface area contributed by atoms with Crippen LogP contribution in [0.1, 0.15) is 38.7 Å². The fourth-order valence-corrected chi connectivity index (χ4v) is 7.11. The number of esters is 3. The molecular weight excluding hydrogens is 440 g/mol. The lowest BCUT2D eigenvalue weighted by Crippen LogP contribution is -2.81. The Labute approximate surface area is 189 Å². The first-order valence-corrected chi connectivity index (χ1v) is 11.1. The summed E-state index contributed by atoms with van der Waals surface area (Å²) in [6, 6.07) is 6.68. The van der Waals surface area contributed by atoms with Gasteiger partial charge in [0.15, 0.2) is 12.2 Å². The molecule has 2 saturated heterocycles. The second-order valence-corrected chi connectivity index (χ2v) is 10.2. The minimum Gasteiger partial charge on any atom is -0.462 e. The van der Waals surface area contributed by atoms with Gasteiger partial charge in [0, 0.05) is 16.9 Å². The Morgan fingerprint density at radius 2 is 2.09 bits per heavy atom. The van der Waals surface area contributed by atoms with E-state index in [0.717, 1.165) is 0 Å². The van der Waals surface area contributed by atoms with Gasteiger partial charge in [0.25, 0.3) is 5.60 Å². The first kappa shape index (κ1) is 21.7. The quantitative estimate of drug-likeness (QED) is 0.511. The van der Waals surface area contributed by atoms with Gasteiger partial charge in [-0.3, -0.25) is 4.79 Å². The van der Waals surface area contributed by atoms with Gasteiger partial charge in [-0.1, -0.05) is 30.7 Å². The number of hydrogen-bond acceptors (Lipinski definition) is 8. The van der Waals surface area contributed by atoms with Crippen LogP contribution in [0, 0.1) is 16.7 Å². The second-order valence-electron chi connectivity index (χ2n) is 9.80. The first-order chi connectivity index (χ1) is 15.0. The van der Waals surface area contributed by atoms with Crippen molar-refractivity contribution in [3.8, 4) is 0 Å². The highest BCUT2D eigenvalue weighted by molar-refractivity contribution is 6.30. The van der Waals surface area contributed by atoms with Crippen LogP contribution < -0.4 is 0 Å². The van der Waals surface area contributed by atoms with Crippen molar-refractivity contribution < 1.29 is 38.8 Å². The summed E-state index contributed by atoms with van der Waals surface area (Å²) >= 11 is 6.00. The summed E-state index contributed by atoms with van der Waals surface area (Å²) in [5, 5.41) is 23.5. The molecule has 0 radical (unpaired) electrons. The minimum atomic E-state index is -2.01. The summed E-state index contributed by atoms with van der Waals surface area (Å²) in [4.78, 5) is 38.9. The Balaban J connectivity index is 1.60. The maximum Gasteiger partial charge on any atom is 0.355 e. The zero-order chi connectivity index (χ0) is 23.1. The molecule has 0 unspecified atom stereocenters. The summed E-state index contributed by atoms with van der Waals surface area (Å²) in [5.74, 6) is -2.73. The standard InChI is InChI=1S/C23H25ClO8/c1-12-6-7-22(29)20(2)11-30-19(28)23(20,15-10-21(12,22)17(26)18(27)31-15)32-16(25)9-13-4-3-5-14(24)8-13/h3-5,8,12,15,17,26,29H,6-7,9-11H2,1-2H3/t12-,15-,17+,20+,21+,22+,23-/m1/s1. The van der Waals surface area contributed by atoms with Crippen molar-refractivity contribution in [1.82, 2.24) is 0 Å². The van der Waals surface area contributed by atoms with Gasteiger partial charge in [-0.05, 0) is 43.4 Å². The van der Waals surface area contributed by atoms with E-state index in [0.29, 0.717) is 17.0 Å². The van der Waals surface area contributed by atoms with E-state index in [9.17, 15) is 24.6 Å². The van der Waals surface area contributed by atoms with Crippen LogP contribution in [-0.4, -0.2) is 58.1 Å². The molecule has 2 aliphatic heterocycles. The van der Waals surface area contributed by atoms with Crippen LogP contribution in [0.4, 0.5) is 0 Å². The van der Waals surface area contributed by atoms with Crippen LogP contribution in [0.15, 0.2) is 24.3 Å². The molecule has 2 aliphatic carbocycles. The number of halogens is 1. The zero-order valence-corrected chi connectivity index (χ0v) is 18.6. The molecule has 2 N–H and O–H groups in total. The van der Waals surface area contributed by atoms with Gasteiger partial charge in [0.1, 0.15) is 6.61 Å². The average Bonchev–Trinajstić information content (AvgIpc) is 3.15. The highest BCUT2D eigenvalue weighted by Crippen LogP contribution is 2.72. The van der Waals surface area contributed by atoms with Crippen LogP contribution in [0.2, 0.25) is 5.02 Å². The van der Waals surface area contributed by atoms with Crippen molar-refractivity contribution in [3.05, 3.63) is 34.9 Å². The molecule has 7 atom stereocenters. The second kappa shape index (κ2) is 6.68. The highest BCUT2D eigenvalue weighted by Gasteiger charge is 2.87. The van der Waals surface area contributed by atoms with E-state index in [2.05, 4.69) is 0 Å². The molecule has 2 saturated carbocycles. The fourth-order valence-electron chi connectivity index (χ4n) is 6.89. The predicted molar refractivity (Wildman–Crippen MR) is 109 cm³/mol. The van der Waals surface area contributed by atoms with E-state index in [1.165, 1.54) is 0 Å². The van der Waals surface area contributed by atoms with Crippen LogP contribution in [0.25, 0.3) is 0 Å². The van der Waals surface area contributed by atoms with E-state index in [1.54, 1.807) is 31.2 Å². The Kier molecular flexibility index (Phi) is 4.53. The highest BCUT2D eigenvalue weighted by atomic mass is 35.5. The third-order valence-electron chi connectivity index (χ3n) is 8.57. The molecule has 8 nitrogen and oxygen atoms in total. The topological polar surface area (TPSA) is 119 Å². The largest absolute Gasteiger partial charge is 0.462 e. The molecule has 1 aromatic rings. The van der Waals surface area contributed by atoms with E-state index < -0.39 is 52.1 Å². The molecule has 1 spiro atoms. The van der Waals surface area contributed by atoms with Crippen LogP contribution >= 0.6 is 11.6 Å². The Hall–Kier alpha value is -2.16. The van der Waals surface area contributed by atoms with Gasteiger partial charge >= 0.3 is 17.9 Å². The van der Waals surface area contributed by atoms with Crippen molar-refractivity contribution in [2.24, 2.45) is 16.7 Å². The van der Waals surface area contributed by atoms with E-state index >= 15 is 0 Å². The summed E-state index contributed by atoms with van der Waals surface area (Å²) < 4.78 is 16.7. The number of rotatable bonds is 3. The maximum absolute atomic E-state index is 13.2. The van der Waals surface area contributed by atoms with Crippen molar-refractivity contribution in [1.29, 1.82) is 0 Å². The monoisotopic (exact) mass is 464 g/mol. The summed E-state index contributed by atoms with van der Waals surface area (Å²) in [5.41, 5.74) is -5.76. The maximum atomic E-state index is 13.2. The Bertz CT molecular complexity index is 1030. The number of fused-ring (bicyclic) bond motifs is 4. The number of hydrogen-bond donors (Lipinski definition) is 2. The van der Waals surface area contributed by atoms with E-state index in [4.69, 9.17) is 25.8 Å². The normalized spacial score (nSPS) is 44.3. The van der Waals surface area contributed by atoms with Crippen LogP contribution in [0.5, 0.6) is 0 Å². The van der Waals surface area contributed by atoms with Crippen molar-refractivity contribution in [3.63, 3.8) is 0 Å². The number of carbonyl (C=O) groups is 3. The van der Waals surface area contributed by atoms with Crippen molar-refractivity contribution in [2.75, 3.05) is 6.61 Å². The Morgan fingerprint density at radius 3 is 2.81 bits per heavy atom. The van der Waals surface area contributed by atoms with Gasteiger partial charge < -0.3 is 24.4 Å². The first-order valence-electron chi connectivity index (χ1n) is 10.8. The molecule has 4 aliphatic rings. The number of ether oxygens (including phenoxy) is 3. The number of carbonyl (C=O) groups excluding carboxylic acids is 3. The molecule has 0 amide bonds. The number of aliphatic hydroxyl groups is 2. The van der Waals surface area contributed by atoms with Crippen molar-refractivity contribution >= 4 is 29.5 Å². The van der Waals surface area contributed by atoms with Gasteiger partial charge in [-0.2, -0.15) is 0 Å². The lowest BCUT2D eigenvalue weighted by Gasteiger charge is -2.64. The van der Waals surface area contributed by atoms with Gasteiger partial charge in [-0.15, -0.1) is 0 Å². The van der Waals surface area contributed by atoms with E-state index in [1.807, 2.05) is 6.92 Å². The SMILES string of the molecule is C[C@@H]1CC[C@@]2(O)[C@@]13C[C@@H](OC(=O)[C@@H]3O)[C@@]1(OC(=O)Cc3cccc(Cl)c3)C(=O)OC[C@@]21C. The van der Waals surface area contributed by atoms with E-state index in [-0.39, 0.29) is 31.8 Å². The molecule has 2 heterocycles. The third-order valence-corrected chi connectivity index (χ3v) is 8.81. The number of cyclic esters (lactones) is 1. The summed E-state index contributed by atoms with van der Waals surface area (Å²) in [7, 11) is 0. The Morgan fingerprint density at radius 1 is 1.34 bits per heavy atom. The third kappa shape index (κ3) is 2.33. The number of benzene rings is 1. The lowest BCUT2D eigenvalue weighted by atomic mass is 9.44. The minimum absolute atomic E-state index is 0.00723. The summed E-state index contributed by atoms with van der Waals surface area (Å²) in [6.07, 6.45) is -2.14. The predicted octanol–water partition coefficient (Wildman–Crippen LogP) is 1.56. The molecule has 32 heavy (non-hydrogen) atoms. The van der Waals surface area contributed by atoms with Crippen LogP contribution in [-0.2, 0) is 35.0 Å². The lowest BCUT2D eigenvalue weighted by molar-refractivity contribution is -0.322. The van der Waals surface area contributed by atoms with Crippen molar-refractivity contribution in [2.45, 2.75) is 62.9 Å². The van der Waals surface area contributed by atoms with Gasteiger partial charge in [0.05, 0.1) is 17.4 Å². The summed E-state index contributed by atoms with van der Waals surface area (Å²) in [6.45, 7) is 3.27. The molecule has 9 heteroatoms. The molecule has 172 valence electrons. The number of aliphatic hydroxyl groups excluding tert-OH is 1. The van der Waals surface area contributed by atoms with Crippen LogP contribution in [0.3, 0.4) is 0 Å². The molecular formula is C23H25ClO8. The molecule has 4 fully saturated rings. The zero-order valence-electron chi connectivity index (χ0n) is 17.8. The average molecular weight is 465 g/mol. The molecule has 1 aromatic carbocycles. The fraction of sp³-hybridized carbons (Fsp3) is 0.609. The smallest absolute Gasteiger partial charge is 0.355 e. The molecule has 5 rings (SSSR count). The van der Waals surface area contributed by atoms with Gasteiger partial charge in [0.2, 0.25) is 0 Å².